The summed E-state index contributed by atoms with van der Waals surface area (Å²) in [6, 6.07) is 13.0. The van der Waals surface area contributed by atoms with Crippen molar-refractivity contribution in [2.24, 2.45) is 5.73 Å². The first kappa shape index (κ1) is 15.4. The molecule has 0 aliphatic rings. The summed E-state index contributed by atoms with van der Waals surface area (Å²) in [5.74, 6) is 0.272. The molecule has 6 nitrogen and oxygen atoms in total. The Morgan fingerprint density at radius 1 is 1.00 bits per heavy atom. The van der Waals surface area contributed by atoms with Gasteiger partial charge in [-0.05, 0) is 43.3 Å². The van der Waals surface area contributed by atoms with Crippen molar-refractivity contribution in [1.82, 2.24) is 0 Å². The number of para-hydroxylation sites is 1. The summed E-state index contributed by atoms with van der Waals surface area (Å²) in [6.07, 6.45) is 0. The zero-order valence-corrected chi connectivity index (χ0v) is 12.1. The van der Waals surface area contributed by atoms with E-state index in [1.165, 1.54) is 0 Å². The van der Waals surface area contributed by atoms with E-state index in [4.69, 9.17) is 10.5 Å². The summed E-state index contributed by atoms with van der Waals surface area (Å²) < 4.78 is 5.44. The molecule has 2 aromatic rings. The highest BCUT2D eigenvalue weighted by atomic mass is 16.5. The van der Waals surface area contributed by atoms with Crippen molar-refractivity contribution in [1.29, 1.82) is 0 Å². The molecule has 0 fully saturated rings. The minimum atomic E-state index is -0.637. The number of hydrogen-bond acceptors (Lipinski definition) is 3. The van der Waals surface area contributed by atoms with E-state index in [1.54, 1.807) is 42.5 Å². The van der Waals surface area contributed by atoms with Crippen LogP contribution >= 0.6 is 0 Å². The van der Waals surface area contributed by atoms with Crippen LogP contribution in [-0.4, -0.2) is 18.5 Å². The Kier molecular flexibility index (Phi) is 4.98. The minimum absolute atomic E-state index is 0.264. The van der Waals surface area contributed by atoms with Crippen LogP contribution in [0.5, 0.6) is 5.75 Å². The van der Waals surface area contributed by atoms with Crippen molar-refractivity contribution in [3.05, 3.63) is 54.1 Å². The maximum absolute atomic E-state index is 12.3. The van der Waals surface area contributed by atoms with Crippen LogP contribution < -0.4 is 21.1 Å². The number of anilines is 2. The number of urea groups is 1. The average Bonchev–Trinajstić information content (AvgIpc) is 2.49. The molecule has 0 saturated carbocycles. The maximum Gasteiger partial charge on any atom is 0.316 e. The molecule has 2 rings (SSSR count). The molecule has 0 heterocycles. The molecule has 0 aromatic heterocycles. The van der Waals surface area contributed by atoms with Crippen LogP contribution in [0, 0.1) is 0 Å². The van der Waals surface area contributed by atoms with E-state index >= 15 is 0 Å². The van der Waals surface area contributed by atoms with Gasteiger partial charge in [-0.1, -0.05) is 12.1 Å². The summed E-state index contributed by atoms with van der Waals surface area (Å²) in [6.45, 7) is 2.34. The summed E-state index contributed by atoms with van der Waals surface area (Å²) in [5.41, 5.74) is 6.65. The van der Waals surface area contributed by atoms with Crippen LogP contribution in [0.4, 0.5) is 16.2 Å². The molecule has 6 heteroatoms. The van der Waals surface area contributed by atoms with Crippen molar-refractivity contribution >= 4 is 23.3 Å². The Bertz CT molecular complexity index is 669. The van der Waals surface area contributed by atoms with Gasteiger partial charge in [0, 0.05) is 11.4 Å². The Morgan fingerprint density at radius 3 is 2.18 bits per heavy atom. The van der Waals surface area contributed by atoms with E-state index in [2.05, 4.69) is 10.6 Å². The van der Waals surface area contributed by atoms with Crippen LogP contribution in [0.2, 0.25) is 0 Å². The lowest BCUT2D eigenvalue weighted by atomic mass is 10.2. The Morgan fingerprint density at radius 2 is 1.59 bits per heavy atom. The predicted molar refractivity (Wildman–Crippen MR) is 85.2 cm³/mol. The quantitative estimate of drug-likeness (QED) is 0.792. The van der Waals surface area contributed by atoms with Crippen molar-refractivity contribution < 1.29 is 14.3 Å². The summed E-state index contributed by atoms with van der Waals surface area (Å²) in [4.78, 5) is 23.0. The average molecular weight is 299 g/mol. The van der Waals surface area contributed by atoms with Crippen molar-refractivity contribution in [2.45, 2.75) is 6.92 Å². The second kappa shape index (κ2) is 7.12. The molecular weight excluding hydrogens is 282 g/mol. The third-order valence-electron chi connectivity index (χ3n) is 2.84. The topological polar surface area (TPSA) is 93.4 Å². The number of ether oxygens (including phenoxy) is 1. The monoisotopic (exact) mass is 299 g/mol. The van der Waals surface area contributed by atoms with E-state index in [0.717, 1.165) is 0 Å². The minimum Gasteiger partial charge on any atom is -0.493 e. The van der Waals surface area contributed by atoms with E-state index in [-0.39, 0.29) is 5.91 Å². The normalized spacial score (nSPS) is 9.86. The van der Waals surface area contributed by atoms with Gasteiger partial charge in [0.1, 0.15) is 5.75 Å². The lowest BCUT2D eigenvalue weighted by molar-refractivity contribution is 0.102. The predicted octanol–water partition coefficient (Wildman–Crippen LogP) is 2.83. The molecule has 4 N–H and O–H groups in total. The Balaban J connectivity index is 2.10. The first-order valence-electron chi connectivity index (χ1n) is 6.80. The third kappa shape index (κ3) is 3.99. The molecule has 2 aromatic carbocycles. The maximum atomic E-state index is 12.3. The number of rotatable bonds is 5. The van der Waals surface area contributed by atoms with Crippen LogP contribution in [-0.2, 0) is 0 Å². The van der Waals surface area contributed by atoms with E-state index in [0.29, 0.717) is 29.3 Å². The van der Waals surface area contributed by atoms with Gasteiger partial charge in [-0.25, -0.2) is 4.79 Å². The largest absolute Gasteiger partial charge is 0.493 e. The number of carbonyl (C=O) groups excluding carboxylic acids is 2. The van der Waals surface area contributed by atoms with Gasteiger partial charge in [0.2, 0.25) is 0 Å². The highest BCUT2D eigenvalue weighted by Gasteiger charge is 2.12. The second-order valence-electron chi connectivity index (χ2n) is 4.45. The Labute approximate surface area is 128 Å². The van der Waals surface area contributed by atoms with Gasteiger partial charge < -0.3 is 21.1 Å². The number of nitrogens with two attached hydrogens (primary N) is 1. The lowest BCUT2D eigenvalue weighted by Crippen LogP contribution is -2.19. The van der Waals surface area contributed by atoms with Gasteiger partial charge in [-0.3, -0.25) is 4.79 Å². The SMILES string of the molecule is CCOc1ccccc1C(=O)Nc1ccc(NC(N)=O)cc1. The van der Waals surface area contributed by atoms with E-state index in [9.17, 15) is 9.59 Å². The van der Waals surface area contributed by atoms with Gasteiger partial charge in [-0.2, -0.15) is 0 Å². The van der Waals surface area contributed by atoms with Gasteiger partial charge in [0.05, 0.1) is 12.2 Å². The smallest absolute Gasteiger partial charge is 0.316 e. The molecule has 0 bridgehead atoms. The molecule has 0 atom stereocenters. The number of primary amides is 1. The fraction of sp³-hybridized carbons (Fsp3) is 0.125. The highest BCUT2D eigenvalue weighted by Crippen LogP contribution is 2.20. The summed E-state index contributed by atoms with van der Waals surface area (Å²) in [5, 5.41) is 5.22. The molecule has 114 valence electrons. The fourth-order valence-electron chi connectivity index (χ4n) is 1.91. The number of amides is 3. The zero-order chi connectivity index (χ0) is 15.9. The molecule has 0 unspecified atom stereocenters. The summed E-state index contributed by atoms with van der Waals surface area (Å²) in [7, 11) is 0. The molecule has 0 aliphatic heterocycles. The zero-order valence-electron chi connectivity index (χ0n) is 12.1. The molecule has 0 aliphatic carbocycles. The number of nitrogens with one attached hydrogen (secondary N) is 2. The van der Waals surface area contributed by atoms with Crippen molar-refractivity contribution in [2.75, 3.05) is 17.2 Å². The van der Waals surface area contributed by atoms with Crippen molar-refractivity contribution in [3.63, 3.8) is 0 Å². The van der Waals surface area contributed by atoms with E-state index < -0.39 is 6.03 Å². The molecule has 0 saturated heterocycles. The first-order valence-corrected chi connectivity index (χ1v) is 6.80. The van der Waals surface area contributed by atoms with Gasteiger partial charge in [0.25, 0.3) is 5.91 Å². The van der Waals surface area contributed by atoms with Gasteiger partial charge in [0.15, 0.2) is 0 Å². The van der Waals surface area contributed by atoms with Gasteiger partial charge in [-0.15, -0.1) is 0 Å². The fourth-order valence-corrected chi connectivity index (χ4v) is 1.91. The number of benzene rings is 2. The molecule has 22 heavy (non-hydrogen) atoms. The Hall–Kier alpha value is -3.02. The lowest BCUT2D eigenvalue weighted by Gasteiger charge is -2.11. The molecule has 3 amide bonds. The highest BCUT2D eigenvalue weighted by molar-refractivity contribution is 6.06. The molecule has 0 radical (unpaired) electrons. The first-order chi connectivity index (χ1) is 10.6. The molecular formula is C16H17N3O3. The van der Waals surface area contributed by atoms with E-state index in [1.807, 2.05) is 13.0 Å². The van der Waals surface area contributed by atoms with Gasteiger partial charge >= 0.3 is 6.03 Å². The van der Waals surface area contributed by atoms with Crippen LogP contribution in [0.3, 0.4) is 0 Å². The van der Waals surface area contributed by atoms with Crippen molar-refractivity contribution in [3.8, 4) is 5.75 Å². The van der Waals surface area contributed by atoms with Crippen LogP contribution in [0.25, 0.3) is 0 Å². The van der Waals surface area contributed by atoms with Crippen LogP contribution in [0.1, 0.15) is 17.3 Å². The standard InChI is InChI=1S/C16H17N3O3/c1-2-22-14-6-4-3-5-13(14)15(20)18-11-7-9-12(10-8-11)19-16(17)21/h3-10H,2H2,1H3,(H,18,20)(H3,17,19,21). The summed E-state index contributed by atoms with van der Waals surface area (Å²) >= 11 is 0. The number of hydrogen-bond donors (Lipinski definition) is 3. The van der Waals surface area contributed by atoms with Crippen LogP contribution in [0.15, 0.2) is 48.5 Å². The second-order valence-corrected chi connectivity index (χ2v) is 4.45. The molecule has 0 spiro atoms. The third-order valence-corrected chi connectivity index (χ3v) is 2.84. The number of carbonyl (C=O) groups is 2.